The summed E-state index contributed by atoms with van der Waals surface area (Å²) < 4.78 is 5.23. The highest BCUT2D eigenvalue weighted by atomic mass is 16.5. The fourth-order valence-electron chi connectivity index (χ4n) is 2.62. The van der Waals surface area contributed by atoms with Gasteiger partial charge < -0.3 is 10.1 Å². The van der Waals surface area contributed by atoms with Crippen LogP contribution in [0.4, 0.5) is 0 Å². The molecule has 0 aliphatic rings. The number of ether oxygens (including phenoxy) is 1. The third kappa shape index (κ3) is 4.10. The van der Waals surface area contributed by atoms with Gasteiger partial charge in [-0.2, -0.15) is 0 Å². The minimum Gasteiger partial charge on any atom is -0.452 e. The lowest BCUT2D eigenvalue weighted by atomic mass is 10.0. The number of para-hydroxylation sites is 1. The standard InChI is InChI=1S/C19H24N2O3/c1-4-6-11-20-17(22)12-24-19(23)18-13(3)15(5-2)21-16-10-8-7-9-14(16)18/h7-10H,4-6,11-12H2,1-3H3,(H,20,22). The van der Waals surface area contributed by atoms with Crippen molar-refractivity contribution in [3.63, 3.8) is 0 Å². The number of amides is 1. The summed E-state index contributed by atoms with van der Waals surface area (Å²) in [5.74, 6) is -0.755. The van der Waals surface area contributed by atoms with E-state index < -0.39 is 5.97 Å². The Balaban J connectivity index is 2.19. The lowest BCUT2D eigenvalue weighted by Gasteiger charge is -2.13. The summed E-state index contributed by atoms with van der Waals surface area (Å²) in [5.41, 5.74) is 2.94. The van der Waals surface area contributed by atoms with Crippen molar-refractivity contribution < 1.29 is 14.3 Å². The van der Waals surface area contributed by atoms with Crippen LogP contribution in [-0.2, 0) is 16.0 Å². The van der Waals surface area contributed by atoms with Crippen LogP contribution in [0, 0.1) is 6.92 Å². The molecule has 0 bridgehead atoms. The van der Waals surface area contributed by atoms with Crippen molar-refractivity contribution in [2.75, 3.05) is 13.2 Å². The van der Waals surface area contributed by atoms with Crippen LogP contribution in [0.2, 0.25) is 0 Å². The van der Waals surface area contributed by atoms with E-state index in [9.17, 15) is 9.59 Å². The van der Waals surface area contributed by atoms with Gasteiger partial charge in [-0.1, -0.05) is 38.5 Å². The maximum absolute atomic E-state index is 12.6. The van der Waals surface area contributed by atoms with E-state index in [4.69, 9.17) is 4.74 Å². The van der Waals surface area contributed by atoms with Gasteiger partial charge in [-0.25, -0.2) is 4.79 Å². The number of aromatic nitrogens is 1. The number of benzene rings is 1. The first-order valence-corrected chi connectivity index (χ1v) is 8.40. The van der Waals surface area contributed by atoms with Gasteiger partial charge in [-0.05, 0) is 31.4 Å². The van der Waals surface area contributed by atoms with E-state index in [1.807, 2.05) is 38.1 Å². The SMILES string of the molecule is CCCCNC(=O)COC(=O)c1c(C)c(CC)nc2ccccc12. The average molecular weight is 328 g/mol. The molecule has 0 saturated carbocycles. The van der Waals surface area contributed by atoms with Gasteiger partial charge in [0.15, 0.2) is 6.61 Å². The van der Waals surface area contributed by atoms with Crippen molar-refractivity contribution in [2.45, 2.75) is 40.0 Å². The molecular formula is C19H24N2O3. The summed E-state index contributed by atoms with van der Waals surface area (Å²) in [6.45, 7) is 6.26. The Morgan fingerprint density at radius 2 is 1.96 bits per heavy atom. The number of fused-ring (bicyclic) bond motifs is 1. The Kier molecular flexibility index (Phi) is 6.29. The molecule has 0 fully saturated rings. The second-order valence-electron chi connectivity index (χ2n) is 5.71. The van der Waals surface area contributed by atoms with Gasteiger partial charge >= 0.3 is 5.97 Å². The van der Waals surface area contributed by atoms with Crippen LogP contribution >= 0.6 is 0 Å². The zero-order chi connectivity index (χ0) is 17.5. The Morgan fingerprint density at radius 3 is 2.67 bits per heavy atom. The molecular weight excluding hydrogens is 304 g/mol. The molecule has 1 amide bonds. The van der Waals surface area contributed by atoms with Crippen LogP contribution in [-0.4, -0.2) is 30.0 Å². The molecule has 0 unspecified atom stereocenters. The van der Waals surface area contributed by atoms with Crippen molar-refractivity contribution >= 4 is 22.8 Å². The second kappa shape index (κ2) is 8.43. The quantitative estimate of drug-likeness (QED) is 0.626. The first-order chi connectivity index (χ1) is 11.6. The predicted octanol–water partition coefficient (Wildman–Crippen LogP) is 3.18. The fourth-order valence-corrected chi connectivity index (χ4v) is 2.62. The van der Waals surface area contributed by atoms with E-state index in [1.54, 1.807) is 0 Å². The summed E-state index contributed by atoms with van der Waals surface area (Å²) >= 11 is 0. The van der Waals surface area contributed by atoms with Crippen LogP contribution in [0.1, 0.15) is 48.3 Å². The van der Waals surface area contributed by atoms with E-state index in [1.165, 1.54) is 0 Å². The molecule has 1 aromatic carbocycles. The second-order valence-corrected chi connectivity index (χ2v) is 5.71. The highest BCUT2D eigenvalue weighted by Crippen LogP contribution is 2.24. The molecule has 0 spiro atoms. The summed E-state index contributed by atoms with van der Waals surface area (Å²) in [7, 11) is 0. The molecule has 0 saturated heterocycles. The zero-order valence-electron chi connectivity index (χ0n) is 14.5. The topological polar surface area (TPSA) is 68.3 Å². The molecule has 2 rings (SSSR count). The fraction of sp³-hybridized carbons (Fsp3) is 0.421. The Hall–Kier alpha value is -2.43. The van der Waals surface area contributed by atoms with Crippen LogP contribution < -0.4 is 5.32 Å². The summed E-state index contributed by atoms with van der Waals surface area (Å²) in [6.07, 6.45) is 2.64. The maximum atomic E-state index is 12.6. The van der Waals surface area contributed by atoms with Crippen LogP contribution in [0.15, 0.2) is 24.3 Å². The van der Waals surface area contributed by atoms with Crippen LogP contribution in [0.3, 0.4) is 0 Å². The number of hydrogen-bond donors (Lipinski definition) is 1. The molecule has 24 heavy (non-hydrogen) atoms. The molecule has 5 nitrogen and oxygen atoms in total. The summed E-state index contributed by atoms with van der Waals surface area (Å²) in [5, 5.41) is 3.49. The first-order valence-electron chi connectivity index (χ1n) is 8.40. The van der Waals surface area contributed by atoms with Gasteiger partial charge in [0.05, 0.1) is 11.1 Å². The molecule has 2 aromatic rings. The number of carbonyl (C=O) groups is 2. The zero-order valence-corrected chi connectivity index (χ0v) is 14.5. The van der Waals surface area contributed by atoms with Gasteiger partial charge in [0.1, 0.15) is 0 Å². The van der Waals surface area contributed by atoms with Gasteiger partial charge in [0.25, 0.3) is 5.91 Å². The molecule has 128 valence electrons. The van der Waals surface area contributed by atoms with E-state index >= 15 is 0 Å². The Morgan fingerprint density at radius 1 is 1.21 bits per heavy atom. The van der Waals surface area contributed by atoms with E-state index in [-0.39, 0.29) is 12.5 Å². The van der Waals surface area contributed by atoms with Crippen molar-refractivity contribution in [1.29, 1.82) is 0 Å². The largest absolute Gasteiger partial charge is 0.452 e. The molecule has 1 aromatic heterocycles. The van der Waals surface area contributed by atoms with Crippen molar-refractivity contribution in [2.24, 2.45) is 0 Å². The molecule has 0 radical (unpaired) electrons. The lowest BCUT2D eigenvalue weighted by Crippen LogP contribution is -2.29. The number of nitrogens with zero attached hydrogens (tertiary/aromatic N) is 1. The van der Waals surface area contributed by atoms with Gasteiger partial charge in [0.2, 0.25) is 0 Å². The highest BCUT2D eigenvalue weighted by Gasteiger charge is 2.19. The number of aryl methyl sites for hydroxylation is 1. The minimum absolute atomic E-state index is 0.264. The maximum Gasteiger partial charge on any atom is 0.339 e. The van der Waals surface area contributed by atoms with Gasteiger partial charge in [-0.3, -0.25) is 9.78 Å². The number of carbonyl (C=O) groups excluding carboxylic acids is 2. The van der Waals surface area contributed by atoms with Gasteiger partial charge in [-0.15, -0.1) is 0 Å². The smallest absolute Gasteiger partial charge is 0.339 e. The summed E-state index contributed by atoms with van der Waals surface area (Å²) in [6, 6.07) is 7.48. The number of unbranched alkanes of at least 4 members (excludes halogenated alkanes) is 1. The van der Waals surface area contributed by atoms with Crippen molar-refractivity contribution in [3.05, 3.63) is 41.1 Å². The number of hydrogen-bond acceptors (Lipinski definition) is 4. The number of esters is 1. The normalized spacial score (nSPS) is 10.6. The molecule has 1 heterocycles. The first kappa shape index (κ1) is 17.9. The Labute approximate surface area is 142 Å². The molecule has 0 aliphatic carbocycles. The third-order valence-corrected chi connectivity index (χ3v) is 3.96. The molecule has 0 aliphatic heterocycles. The highest BCUT2D eigenvalue weighted by molar-refractivity contribution is 6.05. The summed E-state index contributed by atoms with van der Waals surface area (Å²) in [4.78, 5) is 28.9. The van der Waals surface area contributed by atoms with Gasteiger partial charge in [0, 0.05) is 17.6 Å². The minimum atomic E-state index is -0.480. The molecule has 5 heteroatoms. The Bertz CT molecular complexity index is 741. The number of pyridine rings is 1. The monoisotopic (exact) mass is 328 g/mol. The molecule has 0 atom stereocenters. The van der Waals surface area contributed by atoms with E-state index in [0.29, 0.717) is 12.1 Å². The number of nitrogens with one attached hydrogen (secondary N) is 1. The van der Waals surface area contributed by atoms with Crippen molar-refractivity contribution in [1.82, 2.24) is 10.3 Å². The van der Waals surface area contributed by atoms with Crippen LogP contribution in [0.25, 0.3) is 10.9 Å². The lowest BCUT2D eigenvalue weighted by molar-refractivity contribution is -0.124. The molecule has 1 N–H and O–H groups in total. The van der Waals surface area contributed by atoms with Crippen LogP contribution in [0.5, 0.6) is 0 Å². The van der Waals surface area contributed by atoms with E-state index in [2.05, 4.69) is 17.2 Å². The van der Waals surface area contributed by atoms with Crippen molar-refractivity contribution in [3.8, 4) is 0 Å². The predicted molar refractivity (Wildman–Crippen MR) is 94.1 cm³/mol. The average Bonchev–Trinajstić information content (AvgIpc) is 2.59. The van der Waals surface area contributed by atoms with E-state index in [0.717, 1.165) is 41.4 Å². The number of rotatable bonds is 7. The third-order valence-electron chi connectivity index (χ3n) is 3.96.